The van der Waals surface area contributed by atoms with Crippen molar-refractivity contribution in [1.29, 1.82) is 0 Å². The molecule has 1 unspecified atom stereocenters. The zero-order chi connectivity index (χ0) is 14.8. The molecule has 1 amide bonds. The van der Waals surface area contributed by atoms with Gasteiger partial charge in [0.1, 0.15) is 0 Å². The van der Waals surface area contributed by atoms with Gasteiger partial charge >= 0.3 is 0 Å². The molecule has 1 heterocycles. The minimum atomic E-state index is 0.0343. The number of hydrogen-bond acceptors (Lipinski definition) is 2. The molecule has 1 aromatic heterocycles. The number of amides is 1. The molecule has 1 N–H and O–H groups in total. The van der Waals surface area contributed by atoms with Gasteiger partial charge in [0.25, 0.3) is 5.91 Å². The van der Waals surface area contributed by atoms with E-state index < -0.39 is 0 Å². The van der Waals surface area contributed by atoms with Crippen LogP contribution in [-0.2, 0) is 0 Å². The van der Waals surface area contributed by atoms with Crippen LogP contribution in [0.15, 0.2) is 30.3 Å². The zero-order valence-electron chi connectivity index (χ0n) is 12.1. The van der Waals surface area contributed by atoms with Crippen molar-refractivity contribution in [3.63, 3.8) is 0 Å². The maximum atomic E-state index is 12.4. The summed E-state index contributed by atoms with van der Waals surface area (Å²) in [6.45, 7) is 6.47. The molecular formula is C16H20BrNOS. The molecule has 1 atom stereocenters. The predicted molar refractivity (Wildman–Crippen MR) is 90.9 cm³/mol. The number of nitrogens with one attached hydrogen (secondary N) is 1. The third kappa shape index (κ3) is 3.61. The SMILES string of the molecule is CC(C)(C)C(CCBr)NC(=O)c1cc2ccccc2s1. The van der Waals surface area contributed by atoms with Crippen molar-refractivity contribution in [2.45, 2.75) is 33.2 Å². The lowest BCUT2D eigenvalue weighted by Gasteiger charge is -2.31. The molecule has 0 aliphatic carbocycles. The summed E-state index contributed by atoms with van der Waals surface area (Å²) >= 11 is 5.02. The molecular weight excluding hydrogens is 334 g/mol. The van der Waals surface area contributed by atoms with Crippen LogP contribution in [0.4, 0.5) is 0 Å². The summed E-state index contributed by atoms with van der Waals surface area (Å²) in [7, 11) is 0. The van der Waals surface area contributed by atoms with Gasteiger partial charge in [0.05, 0.1) is 4.88 Å². The predicted octanol–water partition coefficient (Wildman–Crippen LogP) is 4.83. The number of rotatable bonds is 4. The van der Waals surface area contributed by atoms with Crippen LogP contribution in [0.3, 0.4) is 0 Å². The van der Waals surface area contributed by atoms with E-state index in [0.29, 0.717) is 0 Å². The second kappa shape index (κ2) is 6.27. The van der Waals surface area contributed by atoms with E-state index in [4.69, 9.17) is 0 Å². The van der Waals surface area contributed by atoms with Crippen molar-refractivity contribution >= 4 is 43.3 Å². The summed E-state index contributed by atoms with van der Waals surface area (Å²) in [4.78, 5) is 13.2. The number of thiophene rings is 1. The topological polar surface area (TPSA) is 29.1 Å². The number of alkyl halides is 1. The van der Waals surface area contributed by atoms with Crippen LogP contribution in [0.2, 0.25) is 0 Å². The summed E-state index contributed by atoms with van der Waals surface area (Å²) in [6, 6.07) is 10.2. The zero-order valence-corrected chi connectivity index (χ0v) is 14.5. The number of carbonyl (C=O) groups is 1. The fourth-order valence-corrected chi connectivity index (χ4v) is 3.58. The van der Waals surface area contributed by atoms with Crippen LogP contribution < -0.4 is 5.32 Å². The third-order valence-electron chi connectivity index (χ3n) is 3.40. The molecule has 0 aliphatic rings. The second-order valence-corrected chi connectivity index (χ2v) is 7.89. The lowest BCUT2D eigenvalue weighted by molar-refractivity contribution is 0.0905. The average molecular weight is 354 g/mol. The first-order valence-electron chi connectivity index (χ1n) is 6.77. The average Bonchev–Trinajstić information content (AvgIpc) is 2.80. The first-order valence-corrected chi connectivity index (χ1v) is 8.71. The van der Waals surface area contributed by atoms with Crippen molar-refractivity contribution in [2.24, 2.45) is 5.41 Å². The summed E-state index contributed by atoms with van der Waals surface area (Å²) < 4.78 is 1.16. The van der Waals surface area contributed by atoms with Gasteiger partial charge in [-0.3, -0.25) is 4.79 Å². The van der Waals surface area contributed by atoms with Crippen LogP contribution >= 0.6 is 27.3 Å². The highest BCUT2D eigenvalue weighted by Crippen LogP contribution is 2.27. The summed E-state index contributed by atoms with van der Waals surface area (Å²) in [5, 5.41) is 5.20. The highest BCUT2D eigenvalue weighted by Gasteiger charge is 2.26. The van der Waals surface area contributed by atoms with Gasteiger partial charge in [0.2, 0.25) is 0 Å². The van der Waals surface area contributed by atoms with Gasteiger partial charge in [0.15, 0.2) is 0 Å². The normalized spacial score (nSPS) is 13.4. The van der Waals surface area contributed by atoms with Crippen LogP contribution in [0, 0.1) is 5.41 Å². The highest BCUT2D eigenvalue weighted by atomic mass is 79.9. The highest BCUT2D eigenvalue weighted by molar-refractivity contribution is 9.09. The van der Waals surface area contributed by atoms with E-state index >= 15 is 0 Å². The molecule has 0 bridgehead atoms. The first-order chi connectivity index (χ1) is 9.41. The Morgan fingerprint density at radius 3 is 2.65 bits per heavy atom. The molecule has 2 aromatic rings. The molecule has 108 valence electrons. The minimum Gasteiger partial charge on any atom is -0.348 e. The van der Waals surface area contributed by atoms with Gasteiger partial charge in [0, 0.05) is 16.1 Å². The largest absolute Gasteiger partial charge is 0.348 e. The standard InChI is InChI=1S/C16H20BrNOS/c1-16(2,3)14(8-9-17)18-15(19)13-10-11-6-4-5-7-12(11)20-13/h4-7,10,14H,8-9H2,1-3H3,(H,18,19). The molecule has 4 heteroatoms. The summed E-state index contributed by atoms with van der Waals surface area (Å²) in [6.07, 6.45) is 0.931. The molecule has 2 rings (SSSR count). The molecule has 0 saturated heterocycles. The fourth-order valence-electron chi connectivity index (χ4n) is 2.15. The molecule has 0 aliphatic heterocycles. The van der Waals surface area contributed by atoms with E-state index in [-0.39, 0.29) is 17.4 Å². The van der Waals surface area contributed by atoms with Crippen molar-refractivity contribution in [3.05, 3.63) is 35.2 Å². The van der Waals surface area contributed by atoms with E-state index in [1.165, 1.54) is 0 Å². The first kappa shape index (κ1) is 15.5. The summed E-state index contributed by atoms with van der Waals surface area (Å²) in [5.74, 6) is 0.0343. The second-order valence-electron chi connectivity index (χ2n) is 6.02. The van der Waals surface area contributed by atoms with Gasteiger partial charge < -0.3 is 5.32 Å². The Morgan fingerprint density at radius 1 is 1.35 bits per heavy atom. The van der Waals surface area contributed by atoms with E-state index in [9.17, 15) is 4.79 Å². The number of carbonyl (C=O) groups excluding carboxylic acids is 1. The van der Waals surface area contributed by atoms with Crippen molar-refractivity contribution in [3.8, 4) is 0 Å². The number of fused-ring (bicyclic) bond motifs is 1. The Labute approximate surface area is 132 Å². The quantitative estimate of drug-likeness (QED) is 0.783. The number of halogens is 1. The van der Waals surface area contributed by atoms with E-state index in [1.807, 2.05) is 24.3 Å². The van der Waals surface area contributed by atoms with Gasteiger partial charge in [-0.2, -0.15) is 0 Å². The minimum absolute atomic E-state index is 0.0343. The molecule has 0 spiro atoms. The third-order valence-corrected chi connectivity index (χ3v) is 4.97. The number of hydrogen-bond donors (Lipinski definition) is 1. The maximum Gasteiger partial charge on any atom is 0.261 e. The molecule has 2 nitrogen and oxygen atoms in total. The van der Waals surface area contributed by atoms with Crippen LogP contribution in [0.1, 0.15) is 36.9 Å². The van der Waals surface area contributed by atoms with Crippen LogP contribution in [0.25, 0.3) is 10.1 Å². The van der Waals surface area contributed by atoms with Crippen molar-refractivity contribution in [1.82, 2.24) is 5.32 Å². The van der Waals surface area contributed by atoms with Gasteiger partial charge in [-0.25, -0.2) is 0 Å². The van der Waals surface area contributed by atoms with E-state index in [2.05, 4.69) is 48.1 Å². The van der Waals surface area contributed by atoms with E-state index in [1.54, 1.807) is 11.3 Å². The lowest BCUT2D eigenvalue weighted by atomic mass is 9.85. The Bertz CT molecular complexity index is 567. The Morgan fingerprint density at radius 2 is 2.05 bits per heavy atom. The van der Waals surface area contributed by atoms with Gasteiger partial charge in [-0.15, -0.1) is 11.3 Å². The van der Waals surface area contributed by atoms with Crippen LogP contribution in [-0.4, -0.2) is 17.3 Å². The summed E-state index contributed by atoms with van der Waals surface area (Å²) in [5.41, 5.74) is 0.0557. The molecule has 0 saturated carbocycles. The maximum absolute atomic E-state index is 12.4. The molecule has 1 aromatic carbocycles. The number of benzene rings is 1. The van der Waals surface area contributed by atoms with Gasteiger partial charge in [-0.1, -0.05) is 54.9 Å². The molecule has 0 radical (unpaired) electrons. The van der Waals surface area contributed by atoms with Gasteiger partial charge in [-0.05, 0) is 29.4 Å². The molecule has 20 heavy (non-hydrogen) atoms. The Kier molecular flexibility index (Phi) is 4.86. The Hall–Kier alpha value is -0.870. The van der Waals surface area contributed by atoms with Crippen molar-refractivity contribution in [2.75, 3.05) is 5.33 Å². The smallest absolute Gasteiger partial charge is 0.261 e. The van der Waals surface area contributed by atoms with E-state index in [0.717, 1.165) is 26.7 Å². The Balaban J connectivity index is 2.18. The molecule has 0 fully saturated rings. The fraction of sp³-hybridized carbons (Fsp3) is 0.438. The van der Waals surface area contributed by atoms with Crippen LogP contribution in [0.5, 0.6) is 0 Å². The monoisotopic (exact) mass is 353 g/mol. The lowest BCUT2D eigenvalue weighted by Crippen LogP contribution is -2.43. The van der Waals surface area contributed by atoms with Crippen molar-refractivity contribution < 1.29 is 4.79 Å².